The summed E-state index contributed by atoms with van der Waals surface area (Å²) in [5.74, 6) is 0. The number of hydrogen-bond donors (Lipinski definition) is 0. The minimum atomic E-state index is -4.96. The van der Waals surface area contributed by atoms with E-state index in [0.717, 1.165) is 12.8 Å². The van der Waals surface area contributed by atoms with Gasteiger partial charge in [0.25, 0.3) is 0 Å². The Morgan fingerprint density at radius 3 is 1.77 bits per heavy atom. The molecule has 0 heterocycles. The van der Waals surface area contributed by atoms with E-state index >= 15 is 0 Å². The molecule has 0 bridgehead atoms. The van der Waals surface area contributed by atoms with E-state index in [0.29, 0.717) is 6.42 Å². The van der Waals surface area contributed by atoms with Crippen LogP contribution in [0.1, 0.15) is 26.2 Å². The fourth-order valence-electron chi connectivity index (χ4n) is 0.549. The summed E-state index contributed by atoms with van der Waals surface area (Å²) in [5, 5.41) is 0. The van der Waals surface area contributed by atoms with E-state index in [1.54, 1.807) is 0 Å². The third kappa shape index (κ3) is 24.8. The fourth-order valence-corrected chi connectivity index (χ4v) is 0.944. The van der Waals surface area contributed by atoms with Gasteiger partial charge in [-0.25, -0.2) is 0 Å². The molecule has 0 amide bonds. The van der Waals surface area contributed by atoms with Gasteiger partial charge in [0, 0.05) is 6.61 Å². The van der Waals surface area contributed by atoms with Crippen LogP contribution >= 0.6 is 0 Å². The van der Waals surface area contributed by atoms with Crippen LogP contribution in [-0.4, -0.2) is 15.7 Å². The number of unbranched alkanes of at least 4 members (excludes halogenated alkanes) is 2. The summed E-state index contributed by atoms with van der Waals surface area (Å²) in [4.78, 5) is 29.6. The molecule has 0 atom stereocenters. The first-order chi connectivity index (χ1) is 4.56. The minimum absolute atomic E-state index is 0. The van der Waals surface area contributed by atoms with E-state index in [4.69, 9.17) is 0 Å². The Morgan fingerprint density at radius 2 is 1.46 bits per heavy atom. The summed E-state index contributed by atoms with van der Waals surface area (Å²) < 4.78 is 4.00. The largest absolute Gasteiger partial charge is 1.00 e. The molecule has 0 N–H and O–H groups in total. The molecule has 0 saturated heterocycles. The second-order valence-corrected chi connectivity index (χ2v) is 3.34. The molecule has 0 spiro atoms. The van der Waals surface area contributed by atoms with E-state index in [9.17, 15) is 14.4 Å². The van der Waals surface area contributed by atoms with Crippen molar-refractivity contribution in [2.24, 2.45) is 0 Å². The molecule has 0 aliphatic heterocycles. The SMILES string of the molecule is CCCCCO[Si]([O-])([O-])[O-].[Li+].[Li+].[Li+]. The molecule has 0 fully saturated rings. The summed E-state index contributed by atoms with van der Waals surface area (Å²) in [6.07, 6.45) is 2.51. The van der Waals surface area contributed by atoms with Crippen molar-refractivity contribution in [3.05, 3.63) is 0 Å². The molecule has 0 saturated carbocycles. The van der Waals surface area contributed by atoms with Crippen LogP contribution in [0.4, 0.5) is 0 Å². The Hall–Kier alpha value is 1.85. The smallest absolute Gasteiger partial charge is 0.861 e. The fraction of sp³-hybridized carbons (Fsp3) is 1.00. The summed E-state index contributed by atoms with van der Waals surface area (Å²) in [6.45, 7) is 2.02. The van der Waals surface area contributed by atoms with Gasteiger partial charge >= 0.3 is 56.6 Å². The second kappa shape index (κ2) is 13.8. The molecule has 0 aromatic rings. The van der Waals surface area contributed by atoms with E-state index in [-0.39, 0.29) is 63.2 Å². The van der Waals surface area contributed by atoms with Gasteiger partial charge in [0.05, 0.1) is 0 Å². The number of rotatable bonds is 5. The van der Waals surface area contributed by atoms with Gasteiger partial charge in [-0.15, -0.1) is 9.05 Å². The average Bonchev–Trinajstić information content (AvgIpc) is 1.78. The first-order valence-corrected chi connectivity index (χ1v) is 4.95. The van der Waals surface area contributed by atoms with Crippen molar-refractivity contribution in [3.63, 3.8) is 0 Å². The molecule has 0 aliphatic rings. The molecule has 0 aromatic carbocycles. The van der Waals surface area contributed by atoms with Crippen LogP contribution in [0.15, 0.2) is 0 Å². The Kier molecular flexibility index (Phi) is 25.8. The van der Waals surface area contributed by atoms with Crippen LogP contribution in [0.25, 0.3) is 0 Å². The topological polar surface area (TPSA) is 78.4 Å². The molecule has 0 radical (unpaired) electrons. The molecule has 0 aliphatic carbocycles. The molecule has 62 valence electrons. The van der Waals surface area contributed by atoms with Crippen molar-refractivity contribution in [2.75, 3.05) is 6.61 Å². The van der Waals surface area contributed by atoms with Crippen LogP contribution in [-0.2, 0) is 4.43 Å². The molecule has 0 unspecified atom stereocenters. The van der Waals surface area contributed by atoms with Crippen LogP contribution < -0.4 is 71.0 Å². The van der Waals surface area contributed by atoms with Crippen molar-refractivity contribution in [1.29, 1.82) is 0 Å². The normalized spacial score (nSPS) is 9.23. The van der Waals surface area contributed by atoms with Gasteiger partial charge < -0.3 is 18.8 Å². The monoisotopic (exact) mass is 184 g/mol. The predicted molar refractivity (Wildman–Crippen MR) is 31.2 cm³/mol. The Labute approximate surface area is 116 Å². The summed E-state index contributed by atoms with van der Waals surface area (Å²) in [5.41, 5.74) is 0. The van der Waals surface area contributed by atoms with Crippen LogP contribution in [0.3, 0.4) is 0 Å². The van der Waals surface area contributed by atoms with E-state index < -0.39 is 9.05 Å². The minimum Gasteiger partial charge on any atom is -0.861 e. The van der Waals surface area contributed by atoms with Gasteiger partial charge in [-0.05, 0) is 6.42 Å². The van der Waals surface area contributed by atoms with Crippen LogP contribution in [0.2, 0.25) is 0 Å². The maximum absolute atomic E-state index is 9.87. The summed E-state index contributed by atoms with van der Waals surface area (Å²) >= 11 is 0. The molecule has 0 rings (SSSR count). The predicted octanol–water partition coefficient (Wildman–Crippen LogP) is -11.3. The third-order valence-electron chi connectivity index (χ3n) is 1.03. The first kappa shape index (κ1) is 24.2. The molecule has 4 nitrogen and oxygen atoms in total. The van der Waals surface area contributed by atoms with E-state index in [2.05, 4.69) is 4.43 Å². The van der Waals surface area contributed by atoms with Crippen molar-refractivity contribution in [1.82, 2.24) is 0 Å². The molecular weight excluding hydrogens is 173 g/mol. The van der Waals surface area contributed by atoms with Gasteiger partial charge in [0.15, 0.2) is 0 Å². The summed E-state index contributed by atoms with van der Waals surface area (Å²) in [6, 6.07) is 0. The molecular formula is C5H11Li3O4Si. The molecule has 13 heavy (non-hydrogen) atoms. The van der Waals surface area contributed by atoms with Crippen molar-refractivity contribution in [3.8, 4) is 0 Å². The van der Waals surface area contributed by atoms with Gasteiger partial charge in [-0.3, -0.25) is 0 Å². The average molecular weight is 184 g/mol. The van der Waals surface area contributed by atoms with E-state index in [1.165, 1.54) is 0 Å². The van der Waals surface area contributed by atoms with Crippen molar-refractivity contribution < 1.29 is 75.4 Å². The number of hydrogen-bond acceptors (Lipinski definition) is 4. The zero-order valence-electron chi connectivity index (χ0n) is 8.96. The Bertz CT molecular complexity index is 90.3. The van der Waals surface area contributed by atoms with E-state index in [1.807, 2.05) is 6.92 Å². The molecule has 0 aromatic heterocycles. The maximum atomic E-state index is 9.87. The quantitative estimate of drug-likeness (QED) is 0.314. The maximum Gasteiger partial charge on any atom is 1.00 e. The van der Waals surface area contributed by atoms with Crippen LogP contribution in [0, 0.1) is 0 Å². The van der Waals surface area contributed by atoms with Gasteiger partial charge in [-0.2, -0.15) is 0 Å². The first-order valence-electron chi connectivity index (χ1n) is 3.31. The summed E-state index contributed by atoms with van der Waals surface area (Å²) in [7, 11) is -4.96. The van der Waals surface area contributed by atoms with Crippen LogP contribution in [0.5, 0.6) is 0 Å². The molecule has 8 heteroatoms. The van der Waals surface area contributed by atoms with Crippen molar-refractivity contribution >= 4 is 9.05 Å². The Balaban J connectivity index is -0.000000135. The zero-order chi connectivity index (χ0) is 8.04. The van der Waals surface area contributed by atoms with Gasteiger partial charge in [-0.1, -0.05) is 19.8 Å². The van der Waals surface area contributed by atoms with Crippen molar-refractivity contribution in [2.45, 2.75) is 26.2 Å². The standard InChI is InChI=1S/C5H11O4Si.3Li/c1-2-3-4-5-9-10(6,7)8;;;/h2-5H2,1H3;;;/q-3;3*+1. The third-order valence-corrected chi connectivity index (χ3v) is 1.58. The Morgan fingerprint density at radius 1 is 1.00 bits per heavy atom. The van der Waals surface area contributed by atoms with Gasteiger partial charge in [0.1, 0.15) is 0 Å². The zero-order valence-corrected chi connectivity index (χ0v) is 9.96. The van der Waals surface area contributed by atoms with Gasteiger partial charge in [0.2, 0.25) is 0 Å². The second-order valence-electron chi connectivity index (χ2n) is 2.06.